The van der Waals surface area contributed by atoms with Crippen LogP contribution in [0.25, 0.3) is 11.0 Å². The summed E-state index contributed by atoms with van der Waals surface area (Å²) < 4.78 is 19.3. The third-order valence-corrected chi connectivity index (χ3v) is 4.21. The van der Waals surface area contributed by atoms with Gasteiger partial charge in [0.05, 0.1) is 17.7 Å². The van der Waals surface area contributed by atoms with Crippen LogP contribution in [0.5, 0.6) is 0 Å². The van der Waals surface area contributed by atoms with Crippen LogP contribution in [0.4, 0.5) is 14.9 Å². The molecule has 0 aliphatic carbocycles. The summed E-state index contributed by atoms with van der Waals surface area (Å²) in [6.45, 7) is 3.77. The Hall–Kier alpha value is -3.33. The number of nitriles is 1. The van der Waals surface area contributed by atoms with Gasteiger partial charge in [0.25, 0.3) is 0 Å². The van der Waals surface area contributed by atoms with Crippen molar-refractivity contribution in [2.75, 3.05) is 5.32 Å². The van der Waals surface area contributed by atoms with Crippen molar-refractivity contribution in [1.82, 2.24) is 5.32 Å². The zero-order valence-corrected chi connectivity index (χ0v) is 14.5. The van der Waals surface area contributed by atoms with E-state index in [0.29, 0.717) is 34.4 Å². The number of carbonyl (C=O) groups excluding carboxylic acids is 1. The van der Waals surface area contributed by atoms with Crippen molar-refractivity contribution >= 4 is 22.7 Å². The van der Waals surface area contributed by atoms with E-state index < -0.39 is 6.03 Å². The van der Waals surface area contributed by atoms with Gasteiger partial charge in [0, 0.05) is 16.6 Å². The van der Waals surface area contributed by atoms with Gasteiger partial charge in [-0.2, -0.15) is 5.26 Å². The predicted molar refractivity (Wildman–Crippen MR) is 97.3 cm³/mol. The van der Waals surface area contributed by atoms with Crippen molar-refractivity contribution in [2.45, 2.75) is 26.3 Å². The molecule has 0 aliphatic rings. The molecule has 1 atom stereocenters. The number of urea groups is 1. The van der Waals surface area contributed by atoms with E-state index in [1.807, 2.05) is 19.9 Å². The maximum Gasteiger partial charge on any atom is 0.319 e. The Labute approximate surface area is 150 Å². The van der Waals surface area contributed by atoms with E-state index in [0.717, 1.165) is 5.56 Å². The monoisotopic (exact) mass is 351 g/mol. The number of nitrogens with one attached hydrogen (secondary N) is 2. The summed E-state index contributed by atoms with van der Waals surface area (Å²) in [5.74, 6) is 0.276. The van der Waals surface area contributed by atoms with Crippen LogP contribution >= 0.6 is 0 Å². The van der Waals surface area contributed by atoms with Gasteiger partial charge in [0.2, 0.25) is 0 Å². The van der Waals surface area contributed by atoms with Crippen LogP contribution in [-0.4, -0.2) is 6.03 Å². The minimum atomic E-state index is -0.405. The highest BCUT2D eigenvalue weighted by Gasteiger charge is 2.21. The Balaban J connectivity index is 1.80. The molecule has 3 aromatic rings. The lowest BCUT2D eigenvalue weighted by Gasteiger charge is -2.16. The van der Waals surface area contributed by atoms with Crippen LogP contribution in [0.3, 0.4) is 0 Å². The summed E-state index contributed by atoms with van der Waals surface area (Å²) in [5.41, 5.74) is 2.38. The van der Waals surface area contributed by atoms with E-state index in [1.165, 1.54) is 12.1 Å². The smallest absolute Gasteiger partial charge is 0.319 e. The molecule has 0 spiro atoms. The lowest BCUT2D eigenvalue weighted by Crippen LogP contribution is -2.32. The lowest BCUT2D eigenvalue weighted by molar-refractivity contribution is 0.246. The summed E-state index contributed by atoms with van der Waals surface area (Å²) in [4.78, 5) is 12.3. The molecule has 0 aliphatic heterocycles. The fourth-order valence-corrected chi connectivity index (χ4v) is 2.89. The largest absolute Gasteiger partial charge is 0.459 e. The van der Waals surface area contributed by atoms with E-state index >= 15 is 0 Å². The molecule has 2 amide bonds. The second-order valence-corrected chi connectivity index (χ2v) is 5.98. The van der Waals surface area contributed by atoms with Gasteiger partial charge in [-0.3, -0.25) is 0 Å². The molecule has 1 aromatic heterocycles. The Morgan fingerprint density at radius 3 is 2.85 bits per heavy atom. The van der Waals surface area contributed by atoms with Gasteiger partial charge in [0.1, 0.15) is 17.2 Å². The van der Waals surface area contributed by atoms with Crippen LogP contribution < -0.4 is 10.6 Å². The molecular weight excluding hydrogens is 333 g/mol. The zero-order valence-electron chi connectivity index (χ0n) is 14.5. The Morgan fingerprint density at radius 2 is 2.12 bits per heavy atom. The zero-order chi connectivity index (χ0) is 18.7. The number of furan rings is 1. The average Bonchev–Trinajstić information content (AvgIpc) is 2.96. The summed E-state index contributed by atoms with van der Waals surface area (Å²) in [6, 6.07) is 12.3. The van der Waals surface area contributed by atoms with Crippen LogP contribution in [0.15, 0.2) is 46.9 Å². The molecule has 0 bridgehead atoms. The molecule has 2 aromatic carbocycles. The topological polar surface area (TPSA) is 78.1 Å². The number of amides is 2. The highest BCUT2D eigenvalue weighted by molar-refractivity contribution is 5.90. The van der Waals surface area contributed by atoms with E-state index in [9.17, 15) is 9.18 Å². The van der Waals surface area contributed by atoms with Crippen molar-refractivity contribution in [1.29, 1.82) is 5.26 Å². The molecule has 0 unspecified atom stereocenters. The van der Waals surface area contributed by atoms with Gasteiger partial charge in [-0.25, -0.2) is 9.18 Å². The SMILES string of the molecule is CC[C@@H](NC(=O)Nc1cccc(C#N)c1)c1oc2ccc(F)cc2c1C. The van der Waals surface area contributed by atoms with Gasteiger partial charge >= 0.3 is 6.03 Å². The summed E-state index contributed by atoms with van der Waals surface area (Å²) in [5, 5.41) is 15.2. The number of aryl methyl sites for hydroxylation is 1. The second kappa shape index (κ2) is 7.28. The van der Waals surface area contributed by atoms with Crippen molar-refractivity contribution < 1.29 is 13.6 Å². The van der Waals surface area contributed by atoms with Gasteiger partial charge < -0.3 is 15.1 Å². The van der Waals surface area contributed by atoms with Crippen molar-refractivity contribution in [3.8, 4) is 6.07 Å². The second-order valence-electron chi connectivity index (χ2n) is 5.98. The van der Waals surface area contributed by atoms with E-state index in [4.69, 9.17) is 9.68 Å². The third kappa shape index (κ3) is 3.52. The fraction of sp³-hybridized carbons (Fsp3) is 0.200. The highest BCUT2D eigenvalue weighted by atomic mass is 19.1. The number of benzene rings is 2. The van der Waals surface area contributed by atoms with Crippen LogP contribution in [0, 0.1) is 24.1 Å². The minimum absolute atomic E-state index is 0.330. The highest BCUT2D eigenvalue weighted by Crippen LogP contribution is 2.31. The third-order valence-electron chi connectivity index (χ3n) is 4.21. The minimum Gasteiger partial charge on any atom is -0.459 e. The summed E-state index contributed by atoms with van der Waals surface area (Å²) in [6.07, 6.45) is 0.606. The maximum atomic E-state index is 13.5. The molecule has 0 radical (unpaired) electrons. The maximum absolute atomic E-state index is 13.5. The van der Waals surface area contributed by atoms with E-state index in [2.05, 4.69) is 10.6 Å². The normalized spacial score (nSPS) is 11.8. The standard InChI is InChI=1S/C20H18FN3O2/c1-3-17(19-12(2)16-10-14(21)7-8-18(16)26-19)24-20(25)23-15-6-4-5-13(9-15)11-22/h4-10,17H,3H2,1-2H3,(H2,23,24,25)/t17-/m1/s1. The number of hydrogen-bond acceptors (Lipinski definition) is 3. The van der Waals surface area contributed by atoms with E-state index in [1.54, 1.807) is 30.3 Å². The molecular formula is C20H18FN3O2. The first kappa shape index (κ1) is 17.5. The van der Waals surface area contributed by atoms with Crippen molar-refractivity contribution in [3.05, 3.63) is 65.2 Å². The molecule has 26 heavy (non-hydrogen) atoms. The van der Waals surface area contributed by atoms with Gasteiger partial charge in [0.15, 0.2) is 0 Å². The number of fused-ring (bicyclic) bond motifs is 1. The number of carbonyl (C=O) groups is 1. The van der Waals surface area contributed by atoms with Gasteiger partial charge in [-0.15, -0.1) is 0 Å². The van der Waals surface area contributed by atoms with Crippen LogP contribution in [0.2, 0.25) is 0 Å². The lowest BCUT2D eigenvalue weighted by atomic mass is 10.1. The first-order valence-electron chi connectivity index (χ1n) is 8.28. The predicted octanol–water partition coefficient (Wildman–Crippen LogP) is 5.02. The molecule has 0 saturated heterocycles. The molecule has 2 N–H and O–H groups in total. The fourth-order valence-electron chi connectivity index (χ4n) is 2.89. The summed E-state index contributed by atoms with van der Waals surface area (Å²) >= 11 is 0. The number of nitrogens with zero attached hydrogens (tertiary/aromatic N) is 1. The van der Waals surface area contributed by atoms with Crippen molar-refractivity contribution in [2.24, 2.45) is 0 Å². The molecule has 5 nitrogen and oxygen atoms in total. The number of halogens is 1. The molecule has 3 rings (SSSR count). The number of anilines is 1. The molecule has 132 valence electrons. The molecule has 0 saturated carbocycles. The van der Waals surface area contributed by atoms with Crippen LogP contribution in [-0.2, 0) is 0 Å². The quantitative estimate of drug-likeness (QED) is 0.692. The van der Waals surface area contributed by atoms with Gasteiger partial charge in [-0.1, -0.05) is 13.0 Å². The molecule has 6 heteroatoms. The van der Waals surface area contributed by atoms with Crippen LogP contribution in [0.1, 0.15) is 36.3 Å². The Morgan fingerprint density at radius 1 is 1.31 bits per heavy atom. The van der Waals surface area contributed by atoms with E-state index in [-0.39, 0.29) is 11.9 Å². The molecule has 0 fully saturated rings. The number of hydrogen-bond donors (Lipinski definition) is 2. The Bertz CT molecular complexity index is 1000. The average molecular weight is 351 g/mol. The van der Waals surface area contributed by atoms with Gasteiger partial charge in [-0.05, 0) is 49.7 Å². The molecule has 1 heterocycles. The summed E-state index contributed by atoms with van der Waals surface area (Å²) in [7, 11) is 0. The Kier molecular flexibility index (Phi) is 4.90. The van der Waals surface area contributed by atoms with Crippen molar-refractivity contribution in [3.63, 3.8) is 0 Å². The first-order valence-corrected chi connectivity index (χ1v) is 8.28. The number of rotatable bonds is 4. The first-order chi connectivity index (χ1) is 12.5.